The Hall–Kier alpha value is -1.83. The number of rotatable bonds is 4. The normalized spacial score (nSPS) is 15.5. The molecular formula is C14H25N3O5. The molecule has 0 unspecified atom stereocenters. The van der Waals surface area contributed by atoms with Crippen LogP contribution in [0.3, 0.4) is 0 Å². The lowest BCUT2D eigenvalue weighted by Crippen LogP contribution is -2.53. The Balaban J connectivity index is 2.31. The lowest BCUT2D eigenvalue weighted by molar-refractivity contribution is -0.141. The van der Waals surface area contributed by atoms with Crippen LogP contribution in [0.15, 0.2) is 0 Å². The molecule has 1 N–H and O–H groups in total. The van der Waals surface area contributed by atoms with Crippen LogP contribution in [0, 0.1) is 0 Å². The number of nitrogens with one attached hydrogen (secondary N) is 1. The number of amides is 3. The van der Waals surface area contributed by atoms with E-state index in [1.807, 2.05) is 0 Å². The van der Waals surface area contributed by atoms with Gasteiger partial charge in [0.05, 0.1) is 0 Å². The van der Waals surface area contributed by atoms with Crippen LogP contribution in [0.2, 0.25) is 0 Å². The van der Waals surface area contributed by atoms with E-state index in [0.717, 1.165) is 0 Å². The fraction of sp³-hybridized carbons (Fsp3) is 0.786. The van der Waals surface area contributed by atoms with Crippen LogP contribution in [-0.4, -0.2) is 79.7 Å². The van der Waals surface area contributed by atoms with Crippen molar-refractivity contribution in [3.8, 4) is 0 Å². The molecule has 0 aromatic carbocycles. The third kappa shape index (κ3) is 6.30. The first-order valence-corrected chi connectivity index (χ1v) is 7.24. The average molecular weight is 315 g/mol. The summed E-state index contributed by atoms with van der Waals surface area (Å²) in [7, 11) is 1.47. The highest BCUT2D eigenvalue weighted by Crippen LogP contribution is 2.06. The van der Waals surface area contributed by atoms with Crippen LogP contribution in [0.5, 0.6) is 0 Å². The lowest BCUT2D eigenvalue weighted by atomic mass is 10.2. The zero-order valence-electron chi connectivity index (χ0n) is 13.7. The topological polar surface area (TPSA) is 88.2 Å². The highest BCUT2D eigenvalue weighted by Gasteiger charge is 2.24. The monoisotopic (exact) mass is 315 g/mol. The Morgan fingerprint density at radius 3 is 1.95 bits per heavy atom. The lowest BCUT2D eigenvalue weighted by Gasteiger charge is -2.34. The van der Waals surface area contributed by atoms with Crippen LogP contribution in [0.1, 0.15) is 20.8 Å². The first-order chi connectivity index (χ1) is 10.2. The molecule has 1 aliphatic rings. The molecule has 1 saturated heterocycles. The molecule has 8 heteroatoms. The Morgan fingerprint density at radius 1 is 1.00 bits per heavy atom. The minimum Gasteiger partial charge on any atom is -0.444 e. The second kappa shape index (κ2) is 7.98. The number of alkyl carbamates (subject to hydrolysis) is 1. The molecular weight excluding hydrogens is 290 g/mol. The maximum atomic E-state index is 12.0. The number of methoxy groups -OCH3 is 1. The third-order valence-electron chi connectivity index (χ3n) is 3.04. The Morgan fingerprint density at radius 2 is 1.50 bits per heavy atom. The molecule has 1 rings (SSSR count). The van der Waals surface area contributed by atoms with E-state index < -0.39 is 11.7 Å². The fourth-order valence-corrected chi connectivity index (χ4v) is 1.99. The van der Waals surface area contributed by atoms with E-state index in [1.54, 1.807) is 30.6 Å². The summed E-state index contributed by atoms with van der Waals surface area (Å²) in [4.78, 5) is 38.4. The maximum Gasteiger partial charge on any atom is 0.408 e. The smallest absolute Gasteiger partial charge is 0.408 e. The Labute approximate surface area is 130 Å². The van der Waals surface area contributed by atoms with Gasteiger partial charge in [0, 0.05) is 33.3 Å². The molecule has 0 saturated carbocycles. The van der Waals surface area contributed by atoms with Crippen LogP contribution < -0.4 is 5.32 Å². The van der Waals surface area contributed by atoms with Crippen molar-refractivity contribution < 1.29 is 23.9 Å². The van der Waals surface area contributed by atoms with Crippen molar-refractivity contribution in [3.63, 3.8) is 0 Å². The van der Waals surface area contributed by atoms with Gasteiger partial charge in [-0.25, -0.2) is 4.79 Å². The average Bonchev–Trinajstić information content (AvgIpc) is 2.43. The van der Waals surface area contributed by atoms with Gasteiger partial charge in [0.25, 0.3) is 0 Å². The quantitative estimate of drug-likeness (QED) is 0.778. The Kier molecular flexibility index (Phi) is 6.61. The van der Waals surface area contributed by atoms with Crippen molar-refractivity contribution in [2.45, 2.75) is 26.4 Å². The molecule has 0 aromatic rings. The predicted octanol–water partition coefficient (Wildman–Crippen LogP) is -0.172. The van der Waals surface area contributed by atoms with E-state index in [2.05, 4.69) is 5.32 Å². The largest absolute Gasteiger partial charge is 0.444 e. The molecule has 0 bridgehead atoms. The molecule has 22 heavy (non-hydrogen) atoms. The maximum absolute atomic E-state index is 12.0. The van der Waals surface area contributed by atoms with Gasteiger partial charge in [-0.2, -0.15) is 0 Å². The third-order valence-corrected chi connectivity index (χ3v) is 3.04. The summed E-state index contributed by atoms with van der Waals surface area (Å²) >= 11 is 0. The molecule has 8 nitrogen and oxygen atoms in total. The summed E-state index contributed by atoms with van der Waals surface area (Å²) in [6.07, 6.45) is -0.616. The molecule has 0 spiro atoms. The van der Waals surface area contributed by atoms with Gasteiger partial charge in [-0.1, -0.05) is 0 Å². The van der Waals surface area contributed by atoms with Crippen LogP contribution in [0.4, 0.5) is 4.79 Å². The van der Waals surface area contributed by atoms with E-state index in [0.29, 0.717) is 26.2 Å². The van der Waals surface area contributed by atoms with Gasteiger partial charge in [0.2, 0.25) is 11.8 Å². The van der Waals surface area contributed by atoms with Crippen LogP contribution in [0.25, 0.3) is 0 Å². The molecule has 0 aliphatic carbocycles. The number of carbonyl (C=O) groups excluding carboxylic acids is 3. The van der Waals surface area contributed by atoms with Crippen LogP contribution >= 0.6 is 0 Å². The van der Waals surface area contributed by atoms with Crippen molar-refractivity contribution in [2.75, 3.05) is 46.4 Å². The summed E-state index contributed by atoms with van der Waals surface area (Å²) in [6, 6.07) is 0. The molecule has 1 fully saturated rings. The fourth-order valence-electron chi connectivity index (χ4n) is 1.99. The van der Waals surface area contributed by atoms with E-state index in [-0.39, 0.29) is 25.0 Å². The number of carbonyl (C=O) groups is 3. The second-order valence-corrected chi connectivity index (χ2v) is 6.05. The van der Waals surface area contributed by atoms with E-state index in [1.165, 1.54) is 7.11 Å². The van der Waals surface area contributed by atoms with Crippen molar-refractivity contribution in [1.82, 2.24) is 15.1 Å². The van der Waals surface area contributed by atoms with Gasteiger partial charge in [-0.05, 0) is 20.8 Å². The molecule has 0 radical (unpaired) electrons. The van der Waals surface area contributed by atoms with Gasteiger partial charge >= 0.3 is 6.09 Å². The molecule has 0 atom stereocenters. The highest BCUT2D eigenvalue weighted by molar-refractivity contribution is 5.83. The zero-order chi connectivity index (χ0) is 16.8. The summed E-state index contributed by atoms with van der Waals surface area (Å²) in [5.41, 5.74) is -0.597. The number of ether oxygens (including phenoxy) is 2. The highest BCUT2D eigenvalue weighted by atomic mass is 16.6. The summed E-state index contributed by atoms with van der Waals surface area (Å²) in [5, 5.41) is 2.44. The summed E-state index contributed by atoms with van der Waals surface area (Å²) in [5.74, 6) is -0.272. The minimum atomic E-state index is -0.616. The first-order valence-electron chi connectivity index (χ1n) is 7.24. The van der Waals surface area contributed by atoms with Crippen molar-refractivity contribution in [1.29, 1.82) is 0 Å². The number of nitrogens with zero attached hydrogens (tertiary/aromatic N) is 2. The number of hydrogen-bond acceptors (Lipinski definition) is 5. The van der Waals surface area contributed by atoms with Crippen molar-refractivity contribution in [3.05, 3.63) is 0 Å². The Bertz CT molecular complexity index is 411. The molecule has 3 amide bonds. The molecule has 1 aliphatic heterocycles. The second-order valence-electron chi connectivity index (χ2n) is 6.05. The van der Waals surface area contributed by atoms with Gasteiger partial charge in [0.1, 0.15) is 18.8 Å². The SMILES string of the molecule is COCC(=O)N1CCN(C(=O)CNC(=O)OC(C)(C)C)CC1. The molecule has 0 aromatic heterocycles. The van der Waals surface area contributed by atoms with E-state index in [9.17, 15) is 14.4 Å². The predicted molar refractivity (Wildman–Crippen MR) is 79.3 cm³/mol. The minimum absolute atomic E-state index is 0.0497. The molecule has 1 heterocycles. The first kappa shape index (κ1) is 18.2. The van der Waals surface area contributed by atoms with Crippen LogP contribution in [-0.2, 0) is 19.1 Å². The summed E-state index contributed by atoms with van der Waals surface area (Å²) in [6.45, 7) is 7.05. The van der Waals surface area contributed by atoms with Crippen molar-refractivity contribution in [2.24, 2.45) is 0 Å². The standard InChI is InChI=1S/C14H25N3O5/c1-14(2,3)22-13(20)15-9-11(18)16-5-7-17(8-6-16)12(19)10-21-4/h5-10H2,1-4H3,(H,15,20). The van der Waals surface area contributed by atoms with Gasteiger partial charge in [-0.3, -0.25) is 9.59 Å². The van der Waals surface area contributed by atoms with Gasteiger partial charge in [0.15, 0.2) is 0 Å². The zero-order valence-corrected chi connectivity index (χ0v) is 13.7. The van der Waals surface area contributed by atoms with E-state index in [4.69, 9.17) is 9.47 Å². The molecule has 126 valence electrons. The number of piperazine rings is 1. The van der Waals surface area contributed by atoms with E-state index >= 15 is 0 Å². The van der Waals surface area contributed by atoms with Crippen molar-refractivity contribution >= 4 is 17.9 Å². The number of hydrogen-bond donors (Lipinski definition) is 1. The van der Waals surface area contributed by atoms with Gasteiger partial charge in [-0.15, -0.1) is 0 Å². The summed E-state index contributed by atoms with van der Waals surface area (Å²) < 4.78 is 9.87. The van der Waals surface area contributed by atoms with Gasteiger partial charge < -0.3 is 24.6 Å².